The molecule has 0 spiro atoms. The Hall–Kier alpha value is -2.60. The Morgan fingerprint density at radius 3 is 2.64 bits per heavy atom. The summed E-state index contributed by atoms with van der Waals surface area (Å²) < 4.78 is 2.15. The van der Waals surface area contributed by atoms with Crippen LogP contribution in [0.15, 0.2) is 53.8 Å². The number of aromatic nitrogens is 2. The molecule has 6 heteroatoms. The van der Waals surface area contributed by atoms with Crippen molar-refractivity contribution in [3.8, 4) is 0 Å². The minimum absolute atomic E-state index is 0.650. The lowest BCUT2D eigenvalue weighted by atomic mass is 10.1. The highest BCUT2D eigenvalue weighted by atomic mass is 32.1. The molecule has 5 nitrogen and oxygen atoms in total. The quantitative estimate of drug-likeness (QED) is 0.446. The molecule has 0 atom stereocenters. The molecular weight excluding hydrogens is 366 g/mol. The fraction of sp³-hybridized carbons (Fsp3) is 0.364. The van der Waals surface area contributed by atoms with E-state index >= 15 is 0 Å². The van der Waals surface area contributed by atoms with Crippen molar-refractivity contribution in [1.29, 1.82) is 0 Å². The number of aryl methyl sites for hydroxylation is 2. The van der Waals surface area contributed by atoms with Crippen molar-refractivity contribution < 1.29 is 0 Å². The van der Waals surface area contributed by atoms with E-state index in [2.05, 4.69) is 70.4 Å². The third-order valence-electron chi connectivity index (χ3n) is 4.53. The van der Waals surface area contributed by atoms with Crippen LogP contribution in [-0.4, -0.2) is 22.1 Å². The second-order valence-electron chi connectivity index (χ2n) is 6.69. The van der Waals surface area contributed by atoms with E-state index in [0.717, 1.165) is 37.8 Å². The van der Waals surface area contributed by atoms with Gasteiger partial charge in [-0.25, -0.2) is 9.98 Å². The molecule has 0 radical (unpaired) electrons. The lowest BCUT2D eigenvalue weighted by Gasteiger charge is -2.11. The molecule has 2 heterocycles. The number of rotatable bonds is 8. The Morgan fingerprint density at radius 1 is 1.11 bits per heavy atom. The van der Waals surface area contributed by atoms with E-state index in [-0.39, 0.29) is 0 Å². The van der Waals surface area contributed by atoms with Gasteiger partial charge in [0, 0.05) is 35.2 Å². The largest absolute Gasteiger partial charge is 0.357 e. The number of aliphatic imine (C=N–C) groups is 1. The van der Waals surface area contributed by atoms with E-state index in [1.54, 1.807) is 0 Å². The zero-order chi connectivity index (χ0) is 19.8. The smallest absolute Gasteiger partial charge is 0.191 e. The molecule has 0 aliphatic rings. The average molecular weight is 396 g/mol. The van der Waals surface area contributed by atoms with Crippen molar-refractivity contribution in [2.24, 2.45) is 4.99 Å². The molecule has 3 rings (SSSR count). The van der Waals surface area contributed by atoms with Crippen LogP contribution in [0.5, 0.6) is 0 Å². The van der Waals surface area contributed by atoms with Crippen LogP contribution in [0.25, 0.3) is 0 Å². The maximum absolute atomic E-state index is 4.76. The zero-order valence-corrected chi connectivity index (χ0v) is 17.7. The molecule has 3 aromatic rings. The summed E-state index contributed by atoms with van der Waals surface area (Å²) in [7, 11) is 0. The molecule has 0 amide bonds. The summed E-state index contributed by atoms with van der Waals surface area (Å²) in [4.78, 5) is 11.8. The molecule has 0 unspecified atom stereocenters. The van der Waals surface area contributed by atoms with Gasteiger partial charge in [0.15, 0.2) is 5.96 Å². The van der Waals surface area contributed by atoms with Crippen molar-refractivity contribution in [2.75, 3.05) is 6.54 Å². The van der Waals surface area contributed by atoms with Crippen LogP contribution in [0.4, 0.5) is 0 Å². The molecule has 2 N–H and O–H groups in total. The first kappa shape index (κ1) is 20.1. The molecule has 0 aliphatic carbocycles. The third kappa shape index (κ3) is 5.70. The molecule has 0 aliphatic heterocycles. The first-order valence-electron chi connectivity index (χ1n) is 9.83. The SMILES string of the molecule is CCNC(=NCc1cccc(Cn2ccnc2C)c1)NCc1ccc(CC)s1. The van der Waals surface area contributed by atoms with Gasteiger partial charge in [0.05, 0.1) is 13.1 Å². The Kier molecular flexibility index (Phi) is 7.25. The molecule has 0 fully saturated rings. The predicted octanol–water partition coefficient (Wildman–Crippen LogP) is 4.12. The highest BCUT2D eigenvalue weighted by Gasteiger charge is 2.03. The Balaban J connectivity index is 1.61. The lowest BCUT2D eigenvalue weighted by Crippen LogP contribution is -2.36. The van der Waals surface area contributed by atoms with E-state index in [1.807, 2.05) is 30.7 Å². The van der Waals surface area contributed by atoms with E-state index in [1.165, 1.54) is 20.9 Å². The standard InChI is InChI=1S/C22H29N5S/c1-4-20-9-10-21(28-20)15-26-22(23-5-2)25-14-18-7-6-8-19(13-18)16-27-12-11-24-17(27)3/h6-13H,4-5,14-16H2,1-3H3,(H2,23,25,26). The lowest BCUT2D eigenvalue weighted by molar-refractivity contribution is 0.760. The van der Waals surface area contributed by atoms with Crippen LogP contribution in [-0.2, 0) is 26.1 Å². The van der Waals surface area contributed by atoms with Gasteiger partial charge in [-0.2, -0.15) is 0 Å². The van der Waals surface area contributed by atoms with E-state index in [9.17, 15) is 0 Å². The van der Waals surface area contributed by atoms with Gasteiger partial charge in [-0.15, -0.1) is 11.3 Å². The number of guanidine groups is 1. The zero-order valence-electron chi connectivity index (χ0n) is 16.9. The molecule has 0 saturated heterocycles. The number of hydrogen-bond donors (Lipinski definition) is 2. The minimum atomic E-state index is 0.650. The topological polar surface area (TPSA) is 54.2 Å². The van der Waals surface area contributed by atoms with E-state index in [0.29, 0.717) is 6.54 Å². The second-order valence-corrected chi connectivity index (χ2v) is 7.95. The predicted molar refractivity (Wildman–Crippen MR) is 118 cm³/mol. The molecule has 0 saturated carbocycles. The van der Waals surface area contributed by atoms with Crippen molar-refractivity contribution >= 4 is 17.3 Å². The van der Waals surface area contributed by atoms with Gasteiger partial charge in [-0.1, -0.05) is 31.2 Å². The summed E-state index contributed by atoms with van der Waals surface area (Å²) in [6, 6.07) is 13.0. The van der Waals surface area contributed by atoms with Crippen LogP contribution in [0.2, 0.25) is 0 Å². The van der Waals surface area contributed by atoms with Gasteiger partial charge >= 0.3 is 0 Å². The Labute approximate surface area is 171 Å². The molecule has 1 aromatic carbocycles. The fourth-order valence-corrected chi connectivity index (χ4v) is 3.88. The molecule has 148 valence electrons. The molecule has 28 heavy (non-hydrogen) atoms. The van der Waals surface area contributed by atoms with Crippen LogP contribution in [0, 0.1) is 6.92 Å². The monoisotopic (exact) mass is 395 g/mol. The summed E-state index contributed by atoms with van der Waals surface area (Å²) in [5, 5.41) is 6.77. The Morgan fingerprint density at radius 2 is 1.93 bits per heavy atom. The van der Waals surface area contributed by atoms with Gasteiger partial charge in [-0.05, 0) is 43.5 Å². The van der Waals surface area contributed by atoms with Gasteiger partial charge < -0.3 is 15.2 Å². The number of nitrogens with zero attached hydrogens (tertiary/aromatic N) is 3. The first-order chi connectivity index (χ1) is 13.7. The number of hydrogen-bond acceptors (Lipinski definition) is 3. The van der Waals surface area contributed by atoms with Crippen molar-refractivity contribution in [2.45, 2.75) is 46.8 Å². The second kappa shape index (κ2) is 10.1. The third-order valence-corrected chi connectivity index (χ3v) is 5.76. The van der Waals surface area contributed by atoms with Gasteiger partial charge in [0.1, 0.15) is 5.82 Å². The highest BCUT2D eigenvalue weighted by Crippen LogP contribution is 2.16. The number of imidazole rings is 1. The number of nitrogens with one attached hydrogen (secondary N) is 2. The maximum Gasteiger partial charge on any atom is 0.191 e. The van der Waals surface area contributed by atoms with Crippen LogP contribution in [0.1, 0.15) is 40.6 Å². The average Bonchev–Trinajstić information content (AvgIpc) is 3.33. The van der Waals surface area contributed by atoms with Crippen LogP contribution < -0.4 is 10.6 Å². The molecular formula is C22H29N5S. The summed E-state index contributed by atoms with van der Waals surface area (Å²) in [5.74, 6) is 1.88. The molecule has 2 aromatic heterocycles. The number of benzene rings is 1. The summed E-state index contributed by atoms with van der Waals surface area (Å²) in [6.45, 7) is 9.44. The summed E-state index contributed by atoms with van der Waals surface area (Å²) in [5.41, 5.74) is 2.47. The molecule has 0 bridgehead atoms. The van der Waals surface area contributed by atoms with Crippen LogP contribution >= 0.6 is 11.3 Å². The van der Waals surface area contributed by atoms with Gasteiger partial charge in [-0.3, -0.25) is 0 Å². The van der Waals surface area contributed by atoms with Crippen molar-refractivity contribution in [3.05, 3.63) is 75.5 Å². The first-order valence-corrected chi connectivity index (χ1v) is 10.6. The minimum Gasteiger partial charge on any atom is -0.357 e. The van der Waals surface area contributed by atoms with E-state index in [4.69, 9.17) is 4.99 Å². The summed E-state index contributed by atoms with van der Waals surface area (Å²) >= 11 is 1.86. The Bertz CT molecular complexity index is 909. The summed E-state index contributed by atoms with van der Waals surface area (Å²) in [6.07, 6.45) is 4.95. The fourth-order valence-electron chi connectivity index (χ4n) is 2.98. The number of thiophene rings is 1. The van der Waals surface area contributed by atoms with Crippen LogP contribution in [0.3, 0.4) is 0 Å². The van der Waals surface area contributed by atoms with Gasteiger partial charge in [0.25, 0.3) is 0 Å². The van der Waals surface area contributed by atoms with Gasteiger partial charge in [0.2, 0.25) is 0 Å². The van der Waals surface area contributed by atoms with Crippen molar-refractivity contribution in [3.63, 3.8) is 0 Å². The van der Waals surface area contributed by atoms with Crippen molar-refractivity contribution in [1.82, 2.24) is 20.2 Å². The highest BCUT2D eigenvalue weighted by molar-refractivity contribution is 7.11. The normalized spacial score (nSPS) is 11.6. The maximum atomic E-state index is 4.76. The van der Waals surface area contributed by atoms with E-state index < -0.39 is 0 Å².